The summed E-state index contributed by atoms with van der Waals surface area (Å²) in [6.45, 7) is 2.09. The molecule has 0 spiro atoms. The summed E-state index contributed by atoms with van der Waals surface area (Å²) < 4.78 is 17.2. The van der Waals surface area contributed by atoms with Crippen LogP contribution in [0.1, 0.15) is 27.4 Å². The van der Waals surface area contributed by atoms with Gasteiger partial charge < -0.3 is 13.7 Å². The molecule has 0 N–H and O–H groups in total. The van der Waals surface area contributed by atoms with Crippen molar-refractivity contribution in [2.24, 2.45) is 0 Å². The van der Waals surface area contributed by atoms with Crippen LogP contribution in [0.15, 0.2) is 88.1 Å². The van der Waals surface area contributed by atoms with Crippen molar-refractivity contribution in [2.45, 2.75) is 13.5 Å². The van der Waals surface area contributed by atoms with Gasteiger partial charge in [-0.15, -0.1) is 0 Å². The molecule has 0 atom stereocenters. The van der Waals surface area contributed by atoms with Gasteiger partial charge in [0.2, 0.25) is 5.78 Å². The molecule has 152 valence electrons. The van der Waals surface area contributed by atoms with Gasteiger partial charge >= 0.3 is 0 Å². The van der Waals surface area contributed by atoms with Gasteiger partial charge in [0, 0.05) is 23.3 Å². The van der Waals surface area contributed by atoms with Crippen LogP contribution in [0.2, 0.25) is 0 Å². The minimum Gasteiger partial charge on any atom is -0.485 e. The Kier molecular flexibility index (Phi) is 4.80. The molecule has 5 aromatic rings. The van der Waals surface area contributed by atoms with Crippen LogP contribution in [0.3, 0.4) is 0 Å². The first kappa shape index (κ1) is 18.8. The van der Waals surface area contributed by atoms with E-state index in [1.54, 1.807) is 25.4 Å². The fourth-order valence-electron chi connectivity index (χ4n) is 3.46. The van der Waals surface area contributed by atoms with E-state index in [1.807, 2.05) is 60.7 Å². The lowest BCUT2D eigenvalue weighted by Gasteiger charge is -2.06. The van der Waals surface area contributed by atoms with Crippen LogP contribution in [0.4, 0.5) is 0 Å². The third kappa shape index (κ3) is 3.59. The number of fused-ring (bicyclic) bond motifs is 1. The van der Waals surface area contributed by atoms with Crippen LogP contribution in [0.25, 0.3) is 22.2 Å². The zero-order chi connectivity index (χ0) is 21.2. The molecule has 0 aliphatic heterocycles. The monoisotopic (exact) mass is 410 g/mol. The second-order valence-corrected chi connectivity index (χ2v) is 7.09. The zero-order valence-corrected chi connectivity index (χ0v) is 16.7. The SMILES string of the molecule is Cc1onc(-c2ccccc2)c1C(=O)c1cc2cccc(OCc3ccncc3)c2o1. The number of ether oxygens (including phenoxy) is 1. The molecular formula is C25H18N2O4. The van der Waals surface area contributed by atoms with Crippen molar-refractivity contribution >= 4 is 16.8 Å². The maximum absolute atomic E-state index is 13.3. The number of para-hydroxylation sites is 1. The van der Waals surface area contributed by atoms with Crippen LogP contribution in [0, 0.1) is 6.92 Å². The van der Waals surface area contributed by atoms with Gasteiger partial charge in [0.05, 0.1) is 5.56 Å². The van der Waals surface area contributed by atoms with Gasteiger partial charge in [0.25, 0.3) is 0 Å². The Morgan fingerprint density at radius 2 is 1.81 bits per heavy atom. The topological polar surface area (TPSA) is 78.4 Å². The summed E-state index contributed by atoms with van der Waals surface area (Å²) >= 11 is 0. The van der Waals surface area contributed by atoms with E-state index in [1.165, 1.54) is 0 Å². The van der Waals surface area contributed by atoms with Crippen molar-refractivity contribution in [3.05, 3.63) is 102 Å². The summed E-state index contributed by atoms with van der Waals surface area (Å²) in [7, 11) is 0. The molecule has 6 heteroatoms. The summed E-state index contributed by atoms with van der Waals surface area (Å²) in [5.41, 5.74) is 3.21. The van der Waals surface area contributed by atoms with Crippen molar-refractivity contribution in [1.29, 1.82) is 0 Å². The minimum absolute atomic E-state index is 0.207. The molecule has 0 unspecified atom stereocenters. The quantitative estimate of drug-likeness (QED) is 0.339. The average Bonchev–Trinajstić information content (AvgIpc) is 3.42. The third-order valence-electron chi connectivity index (χ3n) is 5.01. The Balaban J connectivity index is 1.49. The van der Waals surface area contributed by atoms with Crippen LogP contribution in [-0.4, -0.2) is 15.9 Å². The number of ketones is 1. The van der Waals surface area contributed by atoms with Gasteiger partial charge in [-0.1, -0.05) is 47.6 Å². The summed E-state index contributed by atoms with van der Waals surface area (Å²) in [6.07, 6.45) is 3.43. The highest BCUT2D eigenvalue weighted by molar-refractivity contribution is 6.13. The highest BCUT2D eigenvalue weighted by Gasteiger charge is 2.26. The van der Waals surface area contributed by atoms with Gasteiger partial charge in [-0.05, 0) is 36.8 Å². The van der Waals surface area contributed by atoms with E-state index in [-0.39, 0.29) is 11.5 Å². The molecular weight excluding hydrogens is 392 g/mol. The average molecular weight is 410 g/mol. The van der Waals surface area contributed by atoms with Crippen molar-refractivity contribution in [2.75, 3.05) is 0 Å². The predicted molar refractivity (Wildman–Crippen MR) is 115 cm³/mol. The molecule has 5 rings (SSSR count). The summed E-state index contributed by atoms with van der Waals surface area (Å²) in [4.78, 5) is 17.4. The number of hydrogen-bond donors (Lipinski definition) is 0. The minimum atomic E-state index is -0.283. The standard InChI is InChI=1S/C25H18N2O4/c1-16-22(23(27-31-16)18-6-3-2-4-7-18)24(28)21-14-19-8-5-9-20(25(19)30-21)29-15-17-10-12-26-13-11-17/h2-14H,15H2,1H3. The van der Waals surface area contributed by atoms with E-state index in [2.05, 4.69) is 10.1 Å². The fraction of sp³-hybridized carbons (Fsp3) is 0.0800. The summed E-state index contributed by atoms with van der Waals surface area (Å²) in [6, 6.07) is 20.5. The van der Waals surface area contributed by atoms with Gasteiger partial charge in [-0.25, -0.2) is 0 Å². The van der Waals surface area contributed by atoms with Crippen LogP contribution < -0.4 is 4.74 Å². The third-order valence-corrected chi connectivity index (χ3v) is 5.01. The number of pyridine rings is 1. The van der Waals surface area contributed by atoms with Crippen LogP contribution in [0.5, 0.6) is 5.75 Å². The second kappa shape index (κ2) is 7.91. The molecule has 0 aliphatic rings. The van der Waals surface area contributed by atoms with Crippen molar-refractivity contribution in [3.8, 4) is 17.0 Å². The first-order valence-corrected chi connectivity index (χ1v) is 9.81. The molecule has 0 aliphatic carbocycles. The number of hydrogen-bond acceptors (Lipinski definition) is 6. The number of benzene rings is 2. The van der Waals surface area contributed by atoms with Gasteiger partial charge in [-0.3, -0.25) is 9.78 Å². The number of aromatic nitrogens is 2. The Morgan fingerprint density at radius 1 is 1.00 bits per heavy atom. The summed E-state index contributed by atoms with van der Waals surface area (Å²) in [5.74, 6) is 0.935. The Hall–Kier alpha value is -4.19. The first-order chi connectivity index (χ1) is 15.2. The van der Waals surface area contributed by atoms with E-state index in [4.69, 9.17) is 13.7 Å². The molecule has 0 saturated heterocycles. The van der Waals surface area contributed by atoms with Gasteiger partial charge in [0.1, 0.15) is 18.1 Å². The Bertz CT molecular complexity index is 1350. The second-order valence-electron chi connectivity index (χ2n) is 7.09. The lowest BCUT2D eigenvalue weighted by molar-refractivity contribution is 0.101. The van der Waals surface area contributed by atoms with Crippen molar-refractivity contribution in [1.82, 2.24) is 10.1 Å². The van der Waals surface area contributed by atoms with Crippen LogP contribution in [-0.2, 0) is 6.61 Å². The molecule has 2 aromatic carbocycles. The molecule has 3 heterocycles. The van der Waals surface area contributed by atoms with Crippen molar-refractivity contribution < 1.29 is 18.5 Å². The molecule has 31 heavy (non-hydrogen) atoms. The van der Waals surface area contributed by atoms with E-state index < -0.39 is 0 Å². The maximum Gasteiger partial charge on any atom is 0.234 e. The summed E-state index contributed by atoms with van der Waals surface area (Å²) in [5, 5.41) is 4.88. The number of carbonyl (C=O) groups excluding carboxylic acids is 1. The number of carbonyl (C=O) groups is 1. The van der Waals surface area contributed by atoms with Gasteiger partial charge in [0.15, 0.2) is 17.1 Å². The first-order valence-electron chi connectivity index (χ1n) is 9.81. The highest BCUT2D eigenvalue weighted by atomic mass is 16.5. The van der Waals surface area contributed by atoms with E-state index in [0.717, 1.165) is 16.5 Å². The van der Waals surface area contributed by atoms with Crippen molar-refractivity contribution in [3.63, 3.8) is 0 Å². The Labute approximate surface area is 178 Å². The molecule has 0 amide bonds. The van der Waals surface area contributed by atoms with E-state index >= 15 is 0 Å². The van der Waals surface area contributed by atoms with Crippen LogP contribution >= 0.6 is 0 Å². The van der Waals surface area contributed by atoms with Gasteiger partial charge in [-0.2, -0.15) is 0 Å². The fourth-order valence-corrected chi connectivity index (χ4v) is 3.46. The zero-order valence-electron chi connectivity index (χ0n) is 16.7. The number of aryl methyl sites for hydroxylation is 1. The highest BCUT2D eigenvalue weighted by Crippen LogP contribution is 2.33. The largest absolute Gasteiger partial charge is 0.485 e. The predicted octanol–water partition coefficient (Wildman–Crippen LogP) is 5.60. The number of rotatable bonds is 6. The lowest BCUT2D eigenvalue weighted by Crippen LogP contribution is -2.02. The normalized spacial score (nSPS) is 11.0. The van der Waals surface area contributed by atoms with E-state index in [0.29, 0.717) is 35.0 Å². The Morgan fingerprint density at radius 3 is 2.61 bits per heavy atom. The molecule has 0 saturated carbocycles. The molecule has 3 aromatic heterocycles. The molecule has 6 nitrogen and oxygen atoms in total. The number of nitrogens with zero attached hydrogens (tertiary/aromatic N) is 2. The molecule has 0 fully saturated rings. The molecule has 0 radical (unpaired) electrons. The lowest BCUT2D eigenvalue weighted by atomic mass is 10.0. The number of furan rings is 1. The molecule has 0 bridgehead atoms. The smallest absolute Gasteiger partial charge is 0.234 e. The van der Waals surface area contributed by atoms with E-state index in [9.17, 15) is 4.79 Å². The maximum atomic E-state index is 13.3.